The van der Waals surface area contributed by atoms with Crippen LogP contribution < -0.4 is 15.5 Å². The molecule has 2 aromatic heterocycles. The molecule has 148 valence electrons. The third-order valence-electron chi connectivity index (χ3n) is 5.14. The SMILES string of the molecule is CC(=O)N1CCc2ccc(Nc3nccc(Nc4cnc5ccccc5c4)n3)cc21. The molecule has 0 aliphatic carbocycles. The molecule has 30 heavy (non-hydrogen) atoms. The highest BCUT2D eigenvalue weighted by molar-refractivity contribution is 5.94. The summed E-state index contributed by atoms with van der Waals surface area (Å²) in [5.41, 5.74) is 4.77. The Morgan fingerprint density at radius 1 is 1.00 bits per heavy atom. The zero-order valence-corrected chi connectivity index (χ0v) is 16.5. The van der Waals surface area contributed by atoms with Crippen LogP contribution in [0.3, 0.4) is 0 Å². The van der Waals surface area contributed by atoms with Gasteiger partial charge in [0.1, 0.15) is 5.82 Å². The summed E-state index contributed by atoms with van der Waals surface area (Å²) >= 11 is 0. The number of hydrogen-bond donors (Lipinski definition) is 2. The van der Waals surface area contributed by atoms with E-state index < -0.39 is 0 Å². The van der Waals surface area contributed by atoms with Crippen molar-refractivity contribution in [1.29, 1.82) is 0 Å². The number of hydrogen-bond acceptors (Lipinski definition) is 6. The van der Waals surface area contributed by atoms with E-state index in [-0.39, 0.29) is 5.91 Å². The minimum atomic E-state index is 0.0531. The van der Waals surface area contributed by atoms with Crippen molar-refractivity contribution in [2.75, 3.05) is 22.1 Å². The molecule has 0 unspecified atom stereocenters. The lowest BCUT2D eigenvalue weighted by Gasteiger charge is -2.16. The molecule has 2 N–H and O–H groups in total. The summed E-state index contributed by atoms with van der Waals surface area (Å²) in [5.74, 6) is 1.19. The van der Waals surface area contributed by atoms with Gasteiger partial charge in [-0.2, -0.15) is 4.98 Å². The predicted octanol–water partition coefficient (Wildman–Crippen LogP) is 4.42. The van der Waals surface area contributed by atoms with Crippen molar-refractivity contribution in [3.8, 4) is 0 Å². The first-order valence-corrected chi connectivity index (χ1v) is 9.79. The number of nitrogens with one attached hydrogen (secondary N) is 2. The first-order valence-electron chi connectivity index (χ1n) is 9.79. The standard InChI is InChI=1S/C23H20N6O/c1-15(30)29-11-9-16-6-7-18(13-21(16)29)27-23-24-10-8-22(28-23)26-19-12-17-4-2-3-5-20(17)25-14-19/h2-8,10,12-14H,9,11H2,1H3,(H2,24,26,27,28). The second-order valence-corrected chi connectivity index (χ2v) is 7.20. The summed E-state index contributed by atoms with van der Waals surface area (Å²) in [4.78, 5) is 27.0. The first-order chi connectivity index (χ1) is 14.7. The van der Waals surface area contributed by atoms with Crippen LogP contribution in [0, 0.1) is 0 Å². The Balaban J connectivity index is 1.36. The number of amides is 1. The number of carbonyl (C=O) groups is 1. The van der Waals surface area contributed by atoms with Gasteiger partial charge in [0.2, 0.25) is 11.9 Å². The van der Waals surface area contributed by atoms with Crippen molar-refractivity contribution >= 4 is 45.6 Å². The van der Waals surface area contributed by atoms with Crippen molar-refractivity contribution in [3.63, 3.8) is 0 Å². The van der Waals surface area contributed by atoms with Gasteiger partial charge in [0, 0.05) is 36.4 Å². The molecule has 0 spiro atoms. The monoisotopic (exact) mass is 396 g/mol. The second kappa shape index (κ2) is 7.44. The molecule has 0 radical (unpaired) electrons. The molecule has 1 aliphatic heterocycles. The average molecular weight is 396 g/mol. The lowest BCUT2D eigenvalue weighted by molar-refractivity contribution is -0.116. The van der Waals surface area contributed by atoms with Gasteiger partial charge in [0.15, 0.2) is 0 Å². The van der Waals surface area contributed by atoms with Crippen molar-refractivity contribution in [3.05, 3.63) is 72.6 Å². The number of benzene rings is 2. The van der Waals surface area contributed by atoms with E-state index >= 15 is 0 Å². The molecule has 1 amide bonds. The lowest BCUT2D eigenvalue weighted by Crippen LogP contribution is -2.25. The maximum absolute atomic E-state index is 11.8. The molecule has 5 rings (SSSR count). The third kappa shape index (κ3) is 3.53. The minimum Gasteiger partial charge on any atom is -0.339 e. The Morgan fingerprint density at radius 3 is 2.80 bits per heavy atom. The molecular formula is C23H20N6O. The van der Waals surface area contributed by atoms with Crippen molar-refractivity contribution < 1.29 is 4.79 Å². The van der Waals surface area contributed by atoms with Gasteiger partial charge in [-0.05, 0) is 42.3 Å². The van der Waals surface area contributed by atoms with Crippen LogP contribution >= 0.6 is 0 Å². The predicted molar refractivity (Wildman–Crippen MR) is 119 cm³/mol. The smallest absolute Gasteiger partial charge is 0.229 e. The van der Waals surface area contributed by atoms with Crippen molar-refractivity contribution in [2.24, 2.45) is 0 Å². The molecule has 0 atom stereocenters. The van der Waals surface area contributed by atoms with Crippen molar-refractivity contribution in [2.45, 2.75) is 13.3 Å². The molecule has 0 bridgehead atoms. The van der Waals surface area contributed by atoms with E-state index in [9.17, 15) is 4.79 Å². The zero-order chi connectivity index (χ0) is 20.5. The molecular weight excluding hydrogens is 376 g/mol. The molecule has 0 saturated heterocycles. The molecule has 2 aromatic carbocycles. The summed E-state index contributed by atoms with van der Waals surface area (Å²) in [5, 5.41) is 7.57. The van der Waals surface area contributed by atoms with E-state index in [0.717, 1.165) is 40.9 Å². The largest absolute Gasteiger partial charge is 0.339 e. The summed E-state index contributed by atoms with van der Waals surface area (Å²) in [6.07, 6.45) is 4.36. The van der Waals surface area contributed by atoms with Crippen LogP contribution in [0.25, 0.3) is 10.9 Å². The molecule has 3 heterocycles. The number of anilines is 5. The normalized spacial score (nSPS) is 12.6. The molecule has 0 saturated carbocycles. The van der Waals surface area contributed by atoms with Gasteiger partial charge in [-0.15, -0.1) is 0 Å². The van der Waals surface area contributed by atoms with Gasteiger partial charge in [-0.1, -0.05) is 24.3 Å². The minimum absolute atomic E-state index is 0.0531. The van der Waals surface area contributed by atoms with Gasteiger partial charge in [0.05, 0.1) is 17.4 Å². The van der Waals surface area contributed by atoms with Gasteiger partial charge < -0.3 is 15.5 Å². The number of aromatic nitrogens is 3. The first kappa shape index (κ1) is 18.1. The Kier molecular flexibility index (Phi) is 4.48. The number of rotatable bonds is 4. The fraction of sp³-hybridized carbons (Fsp3) is 0.130. The highest BCUT2D eigenvalue weighted by Gasteiger charge is 2.22. The van der Waals surface area contributed by atoms with E-state index in [1.807, 2.05) is 48.5 Å². The van der Waals surface area contributed by atoms with Crippen LogP contribution in [0.15, 0.2) is 67.0 Å². The summed E-state index contributed by atoms with van der Waals surface area (Å²) in [6.45, 7) is 2.32. The summed E-state index contributed by atoms with van der Waals surface area (Å²) in [7, 11) is 0. The Hall–Kier alpha value is -4.00. The van der Waals surface area contributed by atoms with E-state index in [2.05, 4.69) is 25.6 Å². The quantitative estimate of drug-likeness (QED) is 0.531. The summed E-state index contributed by atoms with van der Waals surface area (Å²) < 4.78 is 0. The number of pyridine rings is 1. The van der Waals surface area contributed by atoms with Crippen LogP contribution in [0.2, 0.25) is 0 Å². The van der Waals surface area contributed by atoms with Crippen LogP contribution in [0.1, 0.15) is 12.5 Å². The van der Waals surface area contributed by atoms with E-state index in [4.69, 9.17) is 0 Å². The van der Waals surface area contributed by atoms with Crippen molar-refractivity contribution in [1.82, 2.24) is 15.0 Å². The van der Waals surface area contributed by atoms with Crippen LogP contribution in [0.4, 0.5) is 28.8 Å². The number of para-hydroxylation sites is 1. The molecule has 7 heteroatoms. The van der Waals surface area contributed by atoms with E-state index in [0.29, 0.717) is 11.8 Å². The van der Waals surface area contributed by atoms with Gasteiger partial charge in [-0.25, -0.2) is 4.98 Å². The van der Waals surface area contributed by atoms with Gasteiger partial charge >= 0.3 is 0 Å². The number of fused-ring (bicyclic) bond motifs is 2. The molecule has 0 fully saturated rings. The molecule has 4 aromatic rings. The van der Waals surface area contributed by atoms with Crippen LogP contribution in [-0.2, 0) is 11.2 Å². The lowest BCUT2D eigenvalue weighted by atomic mass is 10.1. The maximum Gasteiger partial charge on any atom is 0.229 e. The fourth-order valence-corrected chi connectivity index (χ4v) is 3.69. The topological polar surface area (TPSA) is 83.0 Å². The Bertz CT molecular complexity index is 1260. The fourth-order valence-electron chi connectivity index (χ4n) is 3.69. The highest BCUT2D eigenvalue weighted by atomic mass is 16.2. The van der Waals surface area contributed by atoms with E-state index in [1.165, 1.54) is 5.56 Å². The van der Waals surface area contributed by atoms with Gasteiger partial charge in [-0.3, -0.25) is 9.78 Å². The maximum atomic E-state index is 11.8. The Morgan fingerprint density at radius 2 is 1.90 bits per heavy atom. The van der Waals surface area contributed by atoms with E-state index in [1.54, 1.807) is 30.3 Å². The molecule has 1 aliphatic rings. The highest BCUT2D eigenvalue weighted by Crippen LogP contribution is 2.31. The van der Waals surface area contributed by atoms with Gasteiger partial charge in [0.25, 0.3) is 0 Å². The zero-order valence-electron chi connectivity index (χ0n) is 16.5. The average Bonchev–Trinajstić information content (AvgIpc) is 3.17. The third-order valence-corrected chi connectivity index (χ3v) is 5.14. The van der Waals surface area contributed by atoms with Crippen LogP contribution in [0.5, 0.6) is 0 Å². The summed E-state index contributed by atoms with van der Waals surface area (Å²) in [6, 6.07) is 17.8. The number of nitrogens with zero attached hydrogens (tertiary/aromatic N) is 4. The second-order valence-electron chi connectivity index (χ2n) is 7.20. The number of carbonyl (C=O) groups excluding carboxylic acids is 1. The molecule has 7 nitrogen and oxygen atoms in total. The van der Waals surface area contributed by atoms with Crippen LogP contribution in [-0.4, -0.2) is 27.4 Å². The Labute approximate surface area is 173 Å².